The molecule has 0 aliphatic rings. The van der Waals surface area contributed by atoms with Crippen LogP contribution in [0.15, 0.2) is 24.3 Å². The molecule has 0 aliphatic carbocycles. The molecule has 1 rings (SSSR count). The van der Waals surface area contributed by atoms with Crippen molar-refractivity contribution < 1.29 is 54.0 Å². The lowest BCUT2D eigenvalue weighted by Gasteiger charge is -2.29. The summed E-state index contributed by atoms with van der Waals surface area (Å²) in [6.45, 7) is 15.6. The second-order valence-corrected chi connectivity index (χ2v) is 9.70. The molecule has 1 aromatic rings. The molecule has 11 heteroatoms. The molecule has 0 amide bonds. The van der Waals surface area contributed by atoms with Crippen molar-refractivity contribution >= 4 is 23.9 Å². The van der Waals surface area contributed by atoms with Gasteiger partial charge in [0.15, 0.2) is 0 Å². The minimum atomic E-state index is -2.97. The van der Waals surface area contributed by atoms with E-state index in [9.17, 15) is 34.5 Å². The van der Waals surface area contributed by atoms with Gasteiger partial charge in [-0.15, -0.1) is 0 Å². The number of carboxylic acids is 3. The van der Waals surface area contributed by atoms with Gasteiger partial charge in [0.25, 0.3) is 0 Å². The number of ether oxygens (including phenoxy) is 2. The lowest BCUT2D eigenvalue weighted by Crippen LogP contribution is -3.11. The van der Waals surface area contributed by atoms with Crippen LogP contribution in [0.25, 0.3) is 0 Å². The van der Waals surface area contributed by atoms with Gasteiger partial charge in [0.1, 0.15) is 18.8 Å². The molecular formula is C28H43NO10-2. The smallest absolute Gasteiger partial charge is 0.313 e. The Labute approximate surface area is 230 Å². The number of benzene rings is 1. The Kier molecular flexibility index (Phi) is 17.6. The summed E-state index contributed by atoms with van der Waals surface area (Å²) >= 11 is 0. The highest BCUT2D eigenvalue weighted by Crippen LogP contribution is 2.22. The molecule has 0 aromatic heterocycles. The summed E-state index contributed by atoms with van der Waals surface area (Å²) in [7, 11) is 0. The van der Waals surface area contributed by atoms with Gasteiger partial charge in [-0.1, -0.05) is 45.0 Å². The highest BCUT2D eigenvalue weighted by Gasteiger charge is 2.29. The van der Waals surface area contributed by atoms with E-state index < -0.39 is 36.4 Å². The van der Waals surface area contributed by atoms with Crippen LogP contribution in [-0.4, -0.2) is 74.0 Å². The predicted octanol–water partition coefficient (Wildman–Crippen LogP) is -2.39. The Balaban J connectivity index is 0.000000935. The van der Waals surface area contributed by atoms with Crippen molar-refractivity contribution in [3.05, 3.63) is 35.4 Å². The molecule has 1 atom stereocenters. The maximum absolute atomic E-state index is 12.4. The number of hydrogen-bond acceptors (Lipinski definition) is 10. The molecule has 0 heterocycles. The van der Waals surface area contributed by atoms with Gasteiger partial charge in [0.05, 0.1) is 38.2 Å². The van der Waals surface area contributed by atoms with Crippen LogP contribution in [0.1, 0.15) is 70.9 Å². The van der Waals surface area contributed by atoms with E-state index >= 15 is 0 Å². The summed E-state index contributed by atoms with van der Waals surface area (Å²) in [6.07, 6.45) is -0.908. The number of rotatable bonds is 18. The second kappa shape index (κ2) is 19.1. The maximum atomic E-state index is 12.4. The summed E-state index contributed by atoms with van der Waals surface area (Å²) in [6, 6.07) is 8.39. The van der Waals surface area contributed by atoms with Crippen molar-refractivity contribution in [1.82, 2.24) is 0 Å². The first-order valence-corrected chi connectivity index (χ1v) is 13.3. The lowest BCUT2D eigenvalue weighted by atomic mass is 9.94. The van der Waals surface area contributed by atoms with Crippen LogP contribution in [0.5, 0.6) is 0 Å². The van der Waals surface area contributed by atoms with Crippen LogP contribution in [0.2, 0.25) is 0 Å². The quantitative estimate of drug-likeness (QED) is 0.147. The van der Waals surface area contributed by atoms with Crippen molar-refractivity contribution in [2.75, 3.05) is 39.5 Å². The van der Waals surface area contributed by atoms with Gasteiger partial charge in [0, 0.05) is 24.8 Å². The van der Waals surface area contributed by atoms with Crippen molar-refractivity contribution in [2.45, 2.75) is 71.8 Å². The van der Waals surface area contributed by atoms with Gasteiger partial charge >= 0.3 is 5.97 Å². The van der Waals surface area contributed by atoms with Gasteiger partial charge in [-0.25, -0.2) is 0 Å². The minimum Gasteiger partial charge on any atom is -0.550 e. The summed E-state index contributed by atoms with van der Waals surface area (Å²) in [4.78, 5) is 43.9. The first kappa shape index (κ1) is 36.0. The fourth-order valence-electron chi connectivity index (χ4n) is 3.80. The van der Waals surface area contributed by atoms with Crippen molar-refractivity contribution in [2.24, 2.45) is 5.92 Å². The van der Waals surface area contributed by atoms with Gasteiger partial charge in [0.2, 0.25) is 0 Å². The van der Waals surface area contributed by atoms with E-state index in [0.29, 0.717) is 25.7 Å². The zero-order valence-corrected chi connectivity index (χ0v) is 23.7. The van der Waals surface area contributed by atoms with Crippen LogP contribution in [0.4, 0.5) is 0 Å². The van der Waals surface area contributed by atoms with Crippen molar-refractivity contribution in [3.63, 3.8) is 0 Å². The molecule has 2 N–H and O–H groups in total. The van der Waals surface area contributed by atoms with Crippen molar-refractivity contribution in [1.29, 1.82) is 0 Å². The molecule has 0 spiro atoms. The van der Waals surface area contributed by atoms with Gasteiger partial charge in [-0.3, -0.25) is 4.79 Å². The van der Waals surface area contributed by atoms with Crippen LogP contribution >= 0.6 is 0 Å². The molecule has 0 radical (unpaired) electrons. The lowest BCUT2D eigenvalue weighted by molar-refractivity contribution is -0.896. The molecule has 1 unspecified atom stereocenters. The highest BCUT2D eigenvalue weighted by atomic mass is 16.6. The highest BCUT2D eigenvalue weighted by molar-refractivity contribution is 5.86. The number of aliphatic carboxylic acids is 3. The molecule has 0 bridgehead atoms. The molecule has 0 aliphatic heterocycles. The number of carbonyl (C=O) groups excluding carboxylic acids is 4. The largest absolute Gasteiger partial charge is 0.550 e. The number of hydrogen-bond donors (Lipinski definition) is 2. The number of quaternary nitrogens is 1. The fourth-order valence-corrected chi connectivity index (χ4v) is 3.80. The SMILES string of the molecule is CCC(C(=O)OCCOCC[NH+](CC)CC)c1ccc(CC(C)C)cc1.O=C([O-])CC(O)(CC(=O)[O-])C(=O)[O-]. The third-order valence-electron chi connectivity index (χ3n) is 6.04. The van der Waals surface area contributed by atoms with Crippen molar-refractivity contribution in [3.8, 4) is 0 Å². The first-order valence-electron chi connectivity index (χ1n) is 13.3. The number of carboxylic acid groups (broad SMARTS) is 3. The van der Waals surface area contributed by atoms with Crippen LogP contribution in [-0.2, 0) is 35.1 Å². The number of carbonyl (C=O) groups is 4. The second-order valence-electron chi connectivity index (χ2n) is 9.70. The van der Waals surface area contributed by atoms with E-state index in [1.165, 1.54) is 10.5 Å². The summed E-state index contributed by atoms with van der Waals surface area (Å²) < 4.78 is 11.0. The third kappa shape index (κ3) is 15.2. The average Bonchev–Trinajstić information content (AvgIpc) is 2.84. The maximum Gasteiger partial charge on any atom is 0.313 e. The minimum absolute atomic E-state index is 0.151. The van der Waals surface area contributed by atoms with Gasteiger partial charge < -0.3 is 49.2 Å². The molecule has 0 saturated carbocycles. The standard InChI is InChI=1S/C22H37NO3.C6H8O7/c1-6-21(20-11-9-19(10-12-20)17-18(4)5)22(24)26-16-15-25-14-13-23(7-2)8-3;7-3(8)1-6(13,5(11)12)2-4(9)10/h9-12,18,21H,6-8,13-17H2,1-5H3;13H,1-2H2,(H,7,8)(H,9,10)(H,11,12)/p-2. The van der Waals surface area contributed by atoms with Gasteiger partial charge in [-0.05, 0) is 43.7 Å². The zero-order chi connectivity index (χ0) is 30.0. The Morgan fingerprint density at radius 2 is 1.44 bits per heavy atom. The fraction of sp³-hybridized carbons (Fsp3) is 0.643. The number of aliphatic hydroxyl groups is 1. The average molecular weight is 554 g/mol. The van der Waals surface area contributed by atoms with E-state index in [4.69, 9.17) is 14.6 Å². The predicted molar refractivity (Wildman–Crippen MR) is 136 cm³/mol. The molecule has 1 aromatic carbocycles. The summed E-state index contributed by atoms with van der Waals surface area (Å²) in [5.74, 6) is -5.69. The molecule has 0 saturated heterocycles. The van der Waals surface area contributed by atoms with E-state index in [1.54, 1.807) is 0 Å². The number of nitrogens with one attached hydrogen (secondary N) is 1. The first-order chi connectivity index (χ1) is 18.3. The Hall–Kier alpha value is -3.02. The van der Waals surface area contributed by atoms with E-state index in [2.05, 4.69) is 52.0 Å². The van der Waals surface area contributed by atoms with E-state index in [1.807, 2.05) is 6.92 Å². The Morgan fingerprint density at radius 1 is 0.897 bits per heavy atom. The Morgan fingerprint density at radius 3 is 1.85 bits per heavy atom. The number of esters is 1. The van der Waals surface area contributed by atoms with E-state index in [-0.39, 0.29) is 11.9 Å². The van der Waals surface area contributed by atoms with Gasteiger partial charge in [-0.2, -0.15) is 0 Å². The molecule has 0 fully saturated rings. The van der Waals surface area contributed by atoms with Crippen LogP contribution in [0.3, 0.4) is 0 Å². The molecule has 39 heavy (non-hydrogen) atoms. The molecule has 11 nitrogen and oxygen atoms in total. The summed E-state index contributed by atoms with van der Waals surface area (Å²) in [5.41, 5.74) is -0.621. The zero-order valence-electron chi connectivity index (χ0n) is 23.7. The van der Waals surface area contributed by atoms with Crippen LogP contribution < -0.4 is 20.2 Å². The van der Waals surface area contributed by atoms with E-state index in [0.717, 1.165) is 38.0 Å². The molecule has 222 valence electrons. The monoisotopic (exact) mass is 553 g/mol. The summed E-state index contributed by atoms with van der Waals surface area (Å²) in [5, 5.41) is 38.9. The normalized spacial score (nSPS) is 12.0. The number of likely N-dealkylation sites (N-methyl/N-ethyl adjacent to an activating group) is 1. The Bertz CT molecular complexity index is 865. The molecular weight excluding hydrogens is 510 g/mol. The topological polar surface area (TPSA) is 181 Å². The third-order valence-corrected chi connectivity index (χ3v) is 6.04. The van der Waals surface area contributed by atoms with Crippen LogP contribution in [0, 0.1) is 5.92 Å².